The lowest BCUT2D eigenvalue weighted by molar-refractivity contribution is -0.121. The van der Waals surface area contributed by atoms with Crippen molar-refractivity contribution >= 4 is 35.3 Å². The molecule has 1 saturated carbocycles. The van der Waals surface area contributed by atoms with Gasteiger partial charge in [-0.15, -0.1) is 0 Å². The van der Waals surface area contributed by atoms with Crippen molar-refractivity contribution in [3.63, 3.8) is 0 Å². The number of benzene rings is 1. The van der Waals surface area contributed by atoms with Crippen LogP contribution in [0.3, 0.4) is 0 Å². The molecule has 2 aromatic heterocycles. The molecule has 1 aliphatic carbocycles. The molecule has 3 fully saturated rings. The van der Waals surface area contributed by atoms with E-state index >= 15 is 4.39 Å². The van der Waals surface area contributed by atoms with Crippen molar-refractivity contribution in [1.82, 2.24) is 15.2 Å². The number of pyridine rings is 1. The van der Waals surface area contributed by atoms with E-state index in [9.17, 15) is 4.79 Å². The number of aromatic amines is 1. The summed E-state index contributed by atoms with van der Waals surface area (Å²) >= 11 is 0. The van der Waals surface area contributed by atoms with Crippen LogP contribution in [0.5, 0.6) is 0 Å². The number of nitrogens with one attached hydrogen (secondary N) is 3. The number of halogens is 1. The van der Waals surface area contributed by atoms with Gasteiger partial charge in [-0.1, -0.05) is 0 Å². The summed E-state index contributed by atoms with van der Waals surface area (Å²) in [7, 11) is 0. The SMILES string of the molecule is C[C@@H]1COCCN1c1cc(-c2ccc(N3C(=O)C4CCC3C4)cc2F)c(C=N)c(Nc2ccn[nH]2)n1. The molecule has 4 heterocycles. The number of rotatable bonds is 6. The summed E-state index contributed by atoms with van der Waals surface area (Å²) in [6.45, 7) is 3.86. The standard InChI is InChI=1S/C26H28FN7O2/c1-15-14-36-9-8-33(15)24-12-20(21(13-28)25(31-24)30-23-6-7-29-32-23)19-5-4-18(11-22(19)27)34-17-3-2-16(10-17)26(34)35/h4-7,11-13,15-17,28H,2-3,8-10,14H2,1H3,(H2,29,30,31,32)/t15-,16?,17?/m1/s1. The summed E-state index contributed by atoms with van der Waals surface area (Å²) in [5.74, 6) is 1.43. The maximum absolute atomic E-state index is 15.7. The quantitative estimate of drug-likeness (QED) is 0.450. The normalized spacial score (nSPS) is 23.4. The molecule has 9 nitrogen and oxygen atoms in total. The molecule has 1 amide bonds. The van der Waals surface area contributed by atoms with Gasteiger partial charge in [-0.05, 0) is 50.5 Å². The van der Waals surface area contributed by atoms with E-state index in [1.165, 1.54) is 12.3 Å². The number of piperidine rings is 1. The molecule has 36 heavy (non-hydrogen) atoms. The van der Waals surface area contributed by atoms with E-state index in [0.717, 1.165) is 19.3 Å². The molecule has 3 aromatic rings. The van der Waals surface area contributed by atoms with Gasteiger partial charge in [0.05, 0.1) is 25.5 Å². The molecule has 1 aromatic carbocycles. The van der Waals surface area contributed by atoms with E-state index < -0.39 is 5.82 Å². The lowest BCUT2D eigenvalue weighted by atomic mass is 9.99. The first-order valence-corrected chi connectivity index (χ1v) is 12.3. The van der Waals surface area contributed by atoms with Gasteiger partial charge < -0.3 is 25.3 Å². The average Bonchev–Trinajstić information content (AvgIpc) is 3.62. The number of amides is 1. The van der Waals surface area contributed by atoms with Crippen LogP contribution < -0.4 is 15.1 Å². The number of aromatic nitrogens is 3. The third-order valence-corrected chi connectivity index (χ3v) is 7.48. The molecule has 2 saturated heterocycles. The van der Waals surface area contributed by atoms with Crippen molar-refractivity contribution < 1.29 is 13.9 Å². The molecule has 3 atom stereocenters. The van der Waals surface area contributed by atoms with Crippen molar-refractivity contribution in [3.05, 3.63) is 47.9 Å². The van der Waals surface area contributed by atoms with Crippen molar-refractivity contribution in [3.8, 4) is 11.1 Å². The largest absolute Gasteiger partial charge is 0.377 e. The van der Waals surface area contributed by atoms with Crippen LogP contribution in [0.2, 0.25) is 0 Å². The second-order valence-corrected chi connectivity index (χ2v) is 9.68. The fourth-order valence-corrected chi connectivity index (χ4v) is 5.68. The van der Waals surface area contributed by atoms with Crippen LogP contribution in [-0.4, -0.2) is 59.1 Å². The molecule has 0 radical (unpaired) electrons. The number of anilines is 4. The molecule has 186 valence electrons. The van der Waals surface area contributed by atoms with Gasteiger partial charge in [-0.3, -0.25) is 9.89 Å². The van der Waals surface area contributed by atoms with E-state index in [4.69, 9.17) is 15.1 Å². The fraction of sp³-hybridized carbons (Fsp3) is 0.385. The van der Waals surface area contributed by atoms with Crippen molar-refractivity contribution in [2.45, 2.75) is 38.3 Å². The molecule has 3 N–H and O–H groups in total. The van der Waals surface area contributed by atoms with Gasteiger partial charge in [0.1, 0.15) is 23.3 Å². The van der Waals surface area contributed by atoms with E-state index in [1.807, 2.05) is 12.1 Å². The number of carbonyl (C=O) groups excluding carboxylic acids is 1. The van der Waals surface area contributed by atoms with Crippen LogP contribution in [0.25, 0.3) is 11.1 Å². The summed E-state index contributed by atoms with van der Waals surface area (Å²) in [4.78, 5) is 21.4. The van der Waals surface area contributed by atoms with Crippen LogP contribution in [0.15, 0.2) is 36.5 Å². The zero-order valence-corrected chi connectivity index (χ0v) is 20.0. The first kappa shape index (κ1) is 22.7. The molecule has 2 unspecified atom stereocenters. The Kier molecular flexibility index (Phi) is 5.67. The molecule has 6 rings (SSSR count). The number of nitrogens with zero attached hydrogens (tertiary/aromatic N) is 4. The van der Waals surface area contributed by atoms with Gasteiger partial charge in [0, 0.05) is 53.2 Å². The second kappa shape index (κ2) is 9.02. The van der Waals surface area contributed by atoms with Crippen molar-refractivity contribution in [2.24, 2.45) is 5.92 Å². The van der Waals surface area contributed by atoms with Gasteiger partial charge >= 0.3 is 0 Å². The molecule has 10 heteroatoms. The number of fused-ring (bicyclic) bond motifs is 2. The average molecular weight is 490 g/mol. The minimum atomic E-state index is -0.439. The zero-order valence-electron chi connectivity index (χ0n) is 20.0. The maximum Gasteiger partial charge on any atom is 0.230 e. The van der Waals surface area contributed by atoms with Crippen LogP contribution in [0.4, 0.5) is 27.5 Å². The van der Waals surface area contributed by atoms with E-state index in [-0.39, 0.29) is 23.9 Å². The highest BCUT2D eigenvalue weighted by Gasteiger charge is 2.45. The zero-order chi connectivity index (χ0) is 24.8. The Balaban J connectivity index is 1.44. The first-order valence-electron chi connectivity index (χ1n) is 12.3. The highest BCUT2D eigenvalue weighted by atomic mass is 19.1. The Labute approximate surface area is 208 Å². The van der Waals surface area contributed by atoms with Crippen molar-refractivity contribution in [2.75, 3.05) is 34.9 Å². The summed E-state index contributed by atoms with van der Waals surface area (Å²) in [5.41, 5.74) is 1.95. The van der Waals surface area contributed by atoms with Gasteiger partial charge in [-0.25, -0.2) is 9.37 Å². The number of hydrogen-bond acceptors (Lipinski definition) is 7. The lowest BCUT2D eigenvalue weighted by Crippen LogP contribution is -2.44. The molecule has 2 aliphatic heterocycles. The third kappa shape index (κ3) is 3.81. The summed E-state index contributed by atoms with van der Waals surface area (Å²) in [5, 5.41) is 18.2. The topological polar surface area (TPSA) is 110 Å². The lowest BCUT2D eigenvalue weighted by Gasteiger charge is -2.35. The summed E-state index contributed by atoms with van der Waals surface area (Å²) < 4.78 is 21.3. The summed E-state index contributed by atoms with van der Waals surface area (Å²) in [6, 6.07) is 8.81. The molecule has 0 spiro atoms. The Morgan fingerprint density at radius 2 is 2.14 bits per heavy atom. The van der Waals surface area contributed by atoms with E-state index in [2.05, 4.69) is 27.3 Å². The molecule has 3 aliphatic rings. The highest BCUT2D eigenvalue weighted by molar-refractivity contribution is 6.00. The van der Waals surface area contributed by atoms with Crippen molar-refractivity contribution in [1.29, 1.82) is 5.41 Å². The van der Waals surface area contributed by atoms with Crippen LogP contribution >= 0.6 is 0 Å². The molecular formula is C26H28FN7O2. The maximum atomic E-state index is 15.7. The minimum Gasteiger partial charge on any atom is -0.377 e. The number of H-pyrrole nitrogens is 1. The van der Waals surface area contributed by atoms with Crippen LogP contribution in [-0.2, 0) is 9.53 Å². The Bertz CT molecular complexity index is 1310. The number of hydrogen-bond donors (Lipinski definition) is 3. The third-order valence-electron chi connectivity index (χ3n) is 7.48. The van der Waals surface area contributed by atoms with E-state index in [1.54, 1.807) is 23.2 Å². The van der Waals surface area contributed by atoms with Gasteiger partial charge in [0.2, 0.25) is 5.91 Å². The number of ether oxygens (including phenoxy) is 1. The number of morpholine rings is 1. The Morgan fingerprint density at radius 1 is 1.25 bits per heavy atom. The van der Waals surface area contributed by atoms with E-state index in [0.29, 0.717) is 59.6 Å². The highest BCUT2D eigenvalue weighted by Crippen LogP contribution is 2.42. The molecule has 2 bridgehead atoms. The smallest absolute Gasteiger partial charge is 0.230 e. The number of carbonyl (C=O) groups is 1. The summed E-state index contributed by atoms with van der Waals surface area (Å²) in [6.07, 6.45) is 5.55. The van der Waals surface area contributed by atoms with Crippen LogP contribution in [0.1, 0.15) is 31.7 Å². The second-order valence-electron chi connectivity index (χ2n) is 9.68. The predicted molar refractivity (Wildman–Crippen MR) is 136 cm³/mol. The predicted octanol–water partition coefficient (Wildman–Crippen LogP) is 4.09. The first-order chi connectivity index (χ1) is 17.5. The van der Waals surface area contributed by atoms with Gasteiger partial charge in [0.15, 0.2) is 0 Å². The fourth-order valence-electron chi connectivity index (χ4n) is 5.68. The molecular weight excluding hydrogens is 461 g/mol. The monoisotopic (exact) mass is 489 g/mol. The van der Waals surface area contributed by atoms with Gasteiger partial charge in [-0.2, -0.15) is 5.10 Å². The Hall–Kier alpha value is -3.79. The van der Waals surface area contributed by atoms with Gasteiger partial charge in [0.25, 0.3) is 0 Å². The minimum absolute atomic E-state index is 0.0663. The van der Waals surface area contributed by atoms with Crippen LogP contribution in [0, 0.1) is 17.1 Å². The Morgan fingerprint density at radius 3 is 2.83 bits per heavy atom.